The summed E-state index contributed by atoms with van der Waals surface area (Å²) in [5.74, 6) is -0.0604. The third kappa shape index (κ3) is 2.07. The second kappa shape index (κ2) is 4.38. The maximum absolute atomic E-state index is 12.9. The number of nitrogens with zero attached hydrogens (tertiary/aromatic N) is 1. The zero-order valence-corrected chi connectivity index (χ0v) is 10.3. The van der Waals surface area contributed by atoms with Crippen LogP contribution in [-0.4, -0.2) is 10.1 Å². The fourth-order valence-electron chi connectivity index (χ4n) is 2.13. The number of hydrogen-bond acceptors (Lipinski definition) is 3. The summed E-state index contributed by atoms with van der Waals surface area (Å²) in [7, 11) is 0. The summed E-state index contributed by atoms with van der Waals surface area (Å²) < 4.78 is 12.9. The predicted molar refractivity (Wildman–Crippen MR) is 68.5 cm³/mol. The van der Waals surface area contributed by atoms with E-state index in [0.717, 1.165) is 5.56 Å². The largest absolute Gasteiger partial charge is 0.383 e. The van der Waals surface area contributed by atoms with E-state index in [1.165, 1.54) is 12.1 Å². The first-order valence-electron chi connectivity index (χ1n) is 5.63. The van der Waals surface area contributed by atoms with E-state index in [2.05, 4.69) is 4.98 Å². The van der Waals surface area contributed by atoms with Gasteiger partial charge in [-0.15, -0.1) is 0 Å². The lowest BCUT2D eigenvalue weighted by Gasteiger charge is -2.27. The lowest BCUT2D eigenvalue weighted by molar-refractivity contribution is 0.102. The van der Waals surface area contributed by atoms with Gasteiger partial charge in [0.1, 0.15) is 17.2 Å². The predicted octanol–water partition coefficient (Wildman–Crippen LogP) is 2.37. The van der Waals surface area contributed by atoms with Crippen LogP contribution < -0.4 is 5.73 Å². The van der Waals surface area contributed by atoms with E-state index in [9.17, 15) is 9.50 Å². The molecule has 1 aromatic carbocycles. The Labute approximate surface area is 105 Å². The molecule has 0 aliphatic carbocycles. The van der Waals surface area contributed by atoms with E-state index < -0.39 is 5.60 Å². The van der Waals surface area contributed by atoms with Crippen molar-refractivity contribution in [1.29, 1.82) is 0 Å². The van der Waals surface area contributed by atoms with Crippen LogP contribution in [0.3, 0.4) is 0 Å². The van der Waals surface area contributed by atoms with Gasteiger partial charge in [-0.3, -0.25) is 0 Å². The molecule has 18 heavy (non-hydrogen) atoms. The van der Waals surface area contributed by atoms with Crippen molar-refractivity contribution >= 4 is 5.82 Å². The maximum Gasteiger partial charge on any atom is 0.130 e. The molecule has 3 N–H and O–H groups in total. The molecule has 0 aliphatic rings. The Morgan fingerprint density at radius 1 is 1.22 bits per heavy atom. The highest BCUT2D eigenvalue weighted by Gasteiger charge is 2.30. The number of halogens is 1. The number of rotatable bonds is 2. The quantitative estimate of drug-likeness (QED) is 0.855. The summed E-state index contributed by atoms with van der Waals surface area (Å²) in [6, 6.07) is 7.49. The monoisotopic (exact) mass is 246 g/mol. The standard InChI is InChI=1S/C14H15FN2O/c1-9-7-8-17-13(16)12(9)14(2,18)10-3-5-11(15)6-4-10/h3-8,18H,1-2H3,(H2,16,17). The summed E-state index contributed by atoms with van der Waals surface area (Å²) in [4.78, 5) is 3.99. The number of aliphatic hydroxyl groups is 1. The molecule has 0 aliphatic heterocycles. The number of nitrogens with two attached hydrogens (primary N) is 1. The highest BCUT2D eigenvalue weighted by molar-refractivity contribution is 5.51. The normalized spacial score (nSPS) is 14.2. The van der Waals surface area contributed by atoms with Crippen molar-refractivity contribution in [2.75, 3.05) is 5.73 Å². The molecule has 0 bridgehead atoms. The van der Waals surface area contributed by atoms with Gasteiger partial charge in [0.25, 0.3) is 0 Å². The van der Waals surface area contributed by atoms with Crippen LogP contribution in [0.4, 0.5) is 10.2 Å². The molecule has 0 spiro atoms. The van der Waals surface area contributed by atoms with Gasteiger partial charge in [0.2, 0.25) is 0 Å². The van der Waals surface area contributed by atoms with Crippen LogP contribution in [0.5, 0.6) is 0 Å². The van der Waals surface area contributed by atoms with E-state index in [1.807, 2.05) is 6.92 Å². The molecule has 0 radical (unpaired) electrons. The van der Waals surface area contributed by atoms with Crippen molar-refractivity contribution in [3.05, 3.63) is 59.0 Å². The fourth-order valence-corrected chi connectivity index (χ4v) is 2.13. The molecule has 1 heterocycles. The van der Waals surface area contributed by atoms with Crippen LogP contribution in [-0.2, 0) is 5.60 Å². The molecule has 1 atom stereocenters. The molecule has 0 saturated carbocycles. The zero-order valence-electron chi connectivity index (χ0n) is 10.3. The van der Waals surface area contributed by atoms with Gasteiger partial charge in [-0.1, -0.05) is 12.1 Å². The Morgan fingerprint density at radius 3 is 2.39 bits per heavy atom. The van der Waals surface area contributed by atoms with Crippen molar-refractivity contribution < 1.29 is 9.50 Å². The van der Waals surface area contributed by atoms with E-state index >= 15 is 0 Å². The van der Waals surface area contributed by atoms with Crippen LogP contribution in [0.25, 0.3) is 0 Å². The Bertz CT molecular complexity index is 544. The molecule has 3 nitrogen and oxygen atoms in total. The van der Waals surface area contributed by atoms with Crippen LogP contribution >= 0.6 is 0 Å². The summed E-state index contributed by atoms with van der Waals surface area (Å²) in [6.07, 6.45) is 1.59. The second-order valence-corrected chi connectivity index (χ2v) is 4.47. The molecule has 0 saturated heterocycles. The van der Waals surface area contributed by atoms with Crippen LogP contribution in [0.1, 0.15) is 23.6 Å². The van der Waals surface area contributed by atoms with Crippen LogP contribution in [0, 0.1) is 12.7 Å². The highest BCUT2D eigenvalue weighted by Crippen LogP contribution is 2.34. The summed E-state index contributed by atoms with van der Waals surface area (Å²) in [5, 5.41) is 10.7. The molecule has 0 fully saturated rings. The minimum Gasteiger partial charge on any atom is -0.383 e. The molecule has 0 amide bonds. The number of aromatic nitrogens is 1. The van der Waals surface area contributed by atoms with E-state index in [1.54, 1.807) is 31.3 Å². The fraction of sp³-hybridized carbons (Fsp3) is 0.214. The average molecular weight is 246 g/mol. The van der Waals surface area contributed by atoms with Gasteiger partial charge < -0.3 is 10.8 Å². The minimum absolute atomic E-state index is 0.282. The number of pyridine rings is 1. The molecule has 1 unspecified atom stereocenters. The lowest BCUT2D eigenvalue weighted by Crippen LogP contribution is -2.26. The molecule has 2 rings (SSSR count). The summed E-state index contributed by atoms with van der Waals surface area (Å²) in [5.41, 5.74) is 6.51. The van der Waals surface area contributed by atoms with Gasteiger partial charge in [0.15, 0.2) is 0 Å². The molecule has 4 heteroatoms. The lowest BCUT2D eigenvalue weighted by atomic mass is 9.86. The van der Waals surface area contributed by atoms with Gasteiger partial charge in [0.05, 0.1) is 0 Å². The van der Waals surface area contributed by atoms with Crippen molar-refractivity contribution in [2.45, 2.75) is 19.4 Å². The smallest absolute Gasteiger partial charge is 0.130 e. The van der Waals surface area contributed by atoms with E-state index in [-0.39, 0.29) is 11.6 Å². The molecule has 2 aromatic rings. The van der Waals surface area contributed by atoms with Gasteiger partial charge in [-0.25, -0.2) is 9.37 Å². The van der Waals surface area contributed by atoms with Crippen molar-refractivity contribution in [3.8, 4) is 0 Å². The Hall–Kier alpha value is -1.94. The van der Waals surface area contributed by atoms with Gasteiger partial charge >= 0.3 is 0 Å². The number of aryl methyl sites for hydroxylation is 1. The Balaban J connectivity index is 2.57. The number of nitrogen functional groups attached to an aromatic ring is 1. The topological polar surface area (TPSA) is 59.1 Å². The van der Waals surface area contributed by atoms with Crippen molar-refractivity contribution in [3.63, 3.8) is 0 Å². The summed E-state index contributed by atoms with van der Waals surface area (Å²) in [6.45, 7) is 3.48. The van der Waals surface area contributed by atoms with Crippen molar-refractivity contribution in [2.24, 2.45) is 0 Å². The number of hydrogen-bond donors (Lipinski definition) is 2. The number of benzene rings is 1. The Morgan fingerprint density at radius 2 is 1.83 bits per heavy atom. The maximum atomic E-state index is 12.9. The SMILES string of the molecule is Cc1ccnc(N)c1C(C)(O)c1ccc(F)cc1. The molecule has 1 aromatic heterocycles. The Kier molecular flexibility index (Phi) is 3.05. The molecular formula is C14H15FN2O. The van der Waals surface area contributed by atoms with Crippen molar-refractivity contribution in [1.82, 2.24) is 4.98 Å². The summed E-state index contributed by atoms with van der Waals surface area (Å²) >= 11 is 0. The molecule has 94 valence electrons. The third-order valence-corrected chi connectivity index (χ3v) is 3.08. The van der Waals surface area contributed by atoms with Crippen LogP contribution in [0.15, 0.2) is 36.5 Å². The zero-order chi connectivity index (χ0) is 13.3. The first kappa shape index (κ1) is 12.5. The molecular weight excluding hydrogens is 231 g/mol. The third-order valence-electron chi connectivity index (χ3n) is 3.08. The average Bonchev–Trinajstić information content (AvgIpc) is 2.29. The van der Waals surface area contributed by atoms with Gasteiger partial charge in [-0.2, -0.15) is 0 Å². The van der Waals surface area contributed by atoms with Gasteiger partial charge in [-0.05, 0) is 43.2 Å². The second-order valence-electron chi connectivity index (χ2n) is 4.47. The van der Waals surface area contributed by atoms with Gasteiger partial charge in [0, 0.05) is 11.8 Å². The van der Waals surface area contributed by atoms with E-state index in [4.69, 9.17) is 5.73 Å². The van der Waals surface area contributed by atoms with Crippen LogP contribution in [0.2, 0.25) is 0 Å². The number of anilines is 1. The first-order valence-corrected chi connectivity index (χ1v) is 5.63. The first-order chi connectivity index (χ1) is 8.43. The minimum atomic E-state index is -1.30. The van der Waals surface area contributed by atoms with E-state index in [0.29, 0.717) is 11.1 Å². The highest BCUT2D eigenvalue weighted by atomic mass is 19.1.